The molecule has 0 saturated heterocycles. The third-order valence-corrected chi connectivity index (χ3v) is 3.97. The maximum Gasteiger partial charge on any atom is 0.105 e. The first-order valence-corrected chi connectivity index (χ1v) is 5.73. The Bertz CT molecular complexity index is 421. The number of rotatable bonds is 2. The molecule has 0 radical (unpaired) electrons. The van der Waals surface area contributed by atoms with Gasteiger partial charge in [0.25, 0.3) is 0 Å². The first kappa shape index (κ1) is 11.2. The molecular formula is C14H17NO. The lowest BCUT2D eigenvalue weighted by Gasteiger charge is -2.46. The second kappa shape index (κ2) is 3.61. The maximum atomic E-state index is 10.6. The van der Waals surface area contributed by atoms with Crippen LogP contribution in [-0.4, -0.2) is 5.11 Å². The topological polar surface area (TPSA) is 44.0 Å². The molecule has 2 heteroatoms. The predicted octanol–water partition coefficient (Wildman–Crippen LogP) is 2.90. The molecule has 0 aromatic heterocycles. The standard InChI is InChI=1S/C14H17NO/c1-11-4-6-12(7-5-11)13(2,16)14(10-15)8-3-9-14/h4-7,16H,3,8-9H2,1-2H3. The summed E-state index contributed by atoms with van der Waals surface area (Å²) in [4.78, 5) is 0. The molecule has 0 bridgehead atoms. The largest absolute Gasteiger partial charge is 0.384 e. The van der Waals surface area contributed by atoms with Gasteiger partial charge >= 0.3 is 0 Å². The molecule has 1 fully saturated rings. The van der Waals surface area contributed by atoms with E-state index in [1.54, 1.807) is 6.92 Å². The minimum absolute atomic E-state index is 0.581. The number of nitriles is 1. The van der Waals surface area contributed by atoms with E-state index in [1.807, 2.05) is 31.2 Å². The molecule has 0 heterocycles. The van der Waals surface area contributed by atoms with Crippen molar-refractivity contribution in [3.05, 3.63) is 35.4 Å². The zero-order valence-electron chi connectivity index (χ0n) is 9.83. The summed E-state index contributed by atoms with van der Waals surface area (Å²) in [6.45, 7) is 3.78. The Hall–Kier alpha value is -1.33. The van der Waals surface area contributed by atoms with Gasteiger partial charge in [0.2, 0.25) is 0 Å². The third kappa shape index (κ3) is 1.44. The van der Waals surface area contributed by atoms with Crippen LogP contribution in [0.5, 0.6) is 0 Å². The number of aliphatic hydroxyl groups is 1. The van der Waals surface area contributed by atoms with Crippen LogP contribution in [-0.2, 0) is 5.60 Å². The summed E-state index contributed by atoms with van der Waals surface area (Å²) >= 11 is 0. The smallest absolute Gasteiger partial charge is 0.105 e. The van der Waals surface area contributed by atoms with Crippen molar-refractivity contribution in [1.29, 1.82) is 5.26 Å². The Kier molecular flexibility index (Phi) is 2.52. The summed E-state index contributed by atoms with van der Waals surface area (Å²) < 4.78 is 0. The lowest BCUT2D eigenvalue weighted by Crippen LogP contribution is -2.47. The summed E-state index contributed by atoms with van der Waals surface area (Å²) in [5.74, 6) is 0. The average molecular weight is 215 g/mol. The minimum atomic E-state index is -1.03. The Morgan fingerprint density at radius 2 is 1.88 bits per heavy atom. The van der Waals surface area contributed by atoms with Crippen molar-refractivity contribution in [1.82, 2.24) is 0 Å². The summed E-state index contributed by atoms with van der Waals surface area (Å²) in [6.07, 6.45) is 2.63. The molecule has 16 heavy (non-hydrogen) atoms. The van der Waals surface area contributed by atoms with Gasteiger partial charge in [0.15, 0.2) is 0 Å². The predicted molar refractivity (Wildman–Crippen MR) is 62.6 cm³/mol. The second-order valence-corrected chi connectivity index (χ2v) is 4.99. The fraction of sp³-hybridized carbons (Fsp3) is 0.500. The van der Waals surface area contributed by atoms with Gasteiger partial charge in [-0.25, -0.2) is 0 Å². The molecule has 1 aliphatic carbocycles. The van der Waals surface area contributed by atoms with E-state index in [2.05, 4.69) is 6.07 Å². The molecule has 84 valence electrons. The van der Waals surface area contributed by atoms with Crippen molar-refractivity contribution < 1.29 is 5.11 Å². The van der Waals surface area contributed by atoms with Gasteiger partial charge in [-0.1, -0.05) is 36.2 Å². The maximum absolute atomic E-state index is 10.6. The van der Waals surface area contributed by atoms with E-state index < -0.39 is 11.0 Å². The normalized spacial score (nSPS) is 21.6. The first-order valence-electron chi connectivity index (χ1n) is 5.73. The van der Waals surface area contributed by atoms with E-state index in [1.165, 1.54) is 5.56 Å². The Morgan fingerprint density at radius 1 is 1.31 bits per heavy atom. The summed E-state index contributed by atoms with van der Waals surface area (Å²) in [5.41, 5.74) is 0.397. The van der Waals surface area contributed by atoms with E-state index >= 15 is 0 Å². The molecule has 2 nitrogen and oxygen atoms in total. The number of benzene rings is 1. The van der Waals surface area contributed by atoms with Crippen LogP contribution in [0, 0.1) is 23.7 Å². The van der Waals surface area contributed by atoms with Crippen molar-refractivity contribution in [2.75, 3.05) is 0 Å². The van der Waals surface area contributed by atoms with Crippen molar-refractivity contribution >= 4 is 0 Å². The average Bonchev–Trinajstić information content (AvgIpc) is 2.17. The summed E-state index contributed by atoms with van der Waals surface area (Å²) in [7, 11) is 0. The van der Waals surface area contributed by atoms with Crippen LogP contribution in [0.25, 0.3) is 0 Å². The zero-order valence-corrected chi connectivity index (χ0v) is 9.83. The molecule has 1 aromatic carbocycles. The molecule has 1 atom stereocenters. The molecule has 0 amide bonds. The number of nitrogens with zero attached hydrogens (tertiary/aromatic N) is 1. The van der Waals surface area contributed by atoms with E-state index in [4.69, 9.17) is 0 Å². The fourth-order valence-corrected chi connectivity index (χ4v) is 2.39. The molecule has 1 saturated carbocycles. The number of hydrogen-bond acceptors (Lipinski definition) is 2. The summed E-state index contributed by atoms with van der Waals surface area (Å²) in [5, 5.41) is 19.9. The van der Waals surface area contributed by atoms with Crippen LogP contribution < -0.4 is 0 Å². The van der Waals surface area contributed by atoms with Gasteiger partial charge in [-0.3, -0.25) is 0 Å². The van der Waals surface area contributed by atoms with Crippen molar-refractivity contribution in [3.63, 3.8) is 0 Å². The highest BCUT2D eigenvalue weighted by atomic mass is 16.3. The fourth-order valence-electron chi connectivity index (χ4n) is 2.39. The van der Waals surface area contributed by atoms with Crippen molar-refractivity contribution in [3.8, 4) is 6.07 Å². The van der Waals surface area contributed by atoms with Crippen LogP contribution in [0.3, 0.4) is 0 Å². The third-order valence-electron chi connectivity index (χ3n) is 3.97. The number of aryl methyl sites for hydroxylation is 1. The molecule has 2 rings (SSSR count). The molecule has 1 N–H and O–H groups in total. The molecule has 1 unspecified atom stereocenters. The second-order valence-electron chi connectivity index (χ2n) is 4.99. The molecule has 0 aliphatic heterocycles. The van der Waals surface area contributed by atoms with Crippen molar-refractivity contribution in [2.24, 2.45) is 5.41 Å². The van der Waals surface area contributed by atoms with Gasteiger partial charge in [0.1, 0.15) is 5.60 Å². The first-order chi connectivity index (χ1) is 7.52. The minimum Gasteiger partial charge on any atom is -0.384 e. The van der Waals surface area contributed by atoms with Crippen LogP contribution in [0.1, 0.15) is 37.3 Å². The van der Waals surface area contributed by atoms with E-state index in [-0.39, 0.29) is 0 Å². The van der Waals surface area contributed by atoms with Gasteiger partial charge in [0.05, 0.1) is 11.5 Å². The highest BCUT2D eigenvalue weighted by Gasteiger charge is 2.52. The molecule has 1 aliphatic rings. The lowest BCUT2D eigenvalue weighted by atomic mass is 9.58. The van der Waals surface area contributed by atoms with Gasteiger partial charge in [-0.15, -0.1) is 0 Å². The Labute approximate surface area is 96.5 Å². The van der Waals surface area contributed by atoms with Crippen LogP contribution in [0.15, 0.2) is 24.3 Å². The molecule has 1 aromatic rings. The SMILES string of the molecule is Cc1ccc(C(C)(O)C2(C#N)CCC2)cc1. The Morgan fingerprint density at radius 3 is 2.25 bits per heavy atom. The quantitative estimate of drug-likeness (QED) is 0.824. The molecular weight excluding hydrogens is 198 g/mol. The van der Waals surface area contributed by atoms with Crippen molar-refractivity contribution in [2.45, 2.75) is 38.7 Å². The highest BCUT2D eigenvalue weighted by molar-refractivity contribution is 5.31. The van der Waals surface area contributed by atoms with Gasteiger partial charge in [0, 0.05) is 0 Å². The number of hydrogen-bond donors (Lipinski definition) is 1. The van der Waals surface area contributed by atoms with Gasteiger partial charge < -0.3 is 5.11 Å². The van der Waals surface area contributed by atoms with E-state index in [9.17, 15) is 10.4 Å². The van der Waals surface area contributed by atoms with Crippen LogP contribution in [0.2, 0.25) is 0 Å². The Balaban J connectivity index is 2.38. The van der Waals surface area contributed by atoms with Crippen LogP contribution >= 0.6 is 0 Å². The highest BCUT2D eigenvalue weighted by Crippen LogP contribution is 2.53. The monoisotopic (exact) mass is 215 g/mol. The molecule has 0 spiro atoms. The van der Waals surface area contributed by atoms with Gasteiger partial charge in [-0.2, -0.15) is 5.26 Å². The zero-order chi connectivity index (χ0) is 11.8. The van der Waals surface area contributed by atoms with Crippen LogP contribution in [0.4, 0.5) is 0 Å². The lowest BCUT2D eigenvalue weighted by molar-refractivity contribution is -0.0858. The van der Waals surface area contributed by atoms with E-state index in [0.717, 1.165) is 24.8 Å². The van der Waals surface area contributed by atoms with Gasteiger partial charge in [-0.05, 0) is 32.3 Å². The summed E-state index contributed by atoms with van der Waals surface area (Å²) in [6, 6.07) is 10.1. The van der Waals surface area contributed by atoms with E-state index in [0.29, 0.717) is 0 Å².